The molecular formula is C12H15N3O2. The summed E-state index contributed by atoms with van der Waals surface area (Å²) in [6, 6.07) is 5.51. The van der Waals surface area contributed by atoms with Crippen molar-refractivity contribution in [1.82, 2.24) is 9.88 Å². The topological polar surface area (TPSA) is 77.2 Å². The Bertz CT molecular complexity index is 463. The summed E-state index contributed by atoms with van der Waals surface area (Å²) in [6.45, 7) is 3.62. The molecule has 0 radical (unpaired) electrons. The molecule has 17 heavy (non-hydrogen) atoms. The van der Waals surface area contributed by atoms with Gasteiger partial charge in [0.05, 0.1) is 0 Å². The quantitative estimate of drug-likeness (QED) is 0.846. The highest BCUT2D eigenvalue weighted by atomic mass is 16.4. The van der Waals surface area contributed by atoms with Crippen molar-refractivity contribution in [3.63, 3.8) is 0 Å². The Labute approximate surface area is 100 Å². The van der Waals surface area contributed by atoms with E-state index in [0.29, 0.717) is 12.2 Å². The van der Waals surface area contributed by atoms with Crippen molar-refractivity contribution < 1.29 is 9.90 Å². The van der Waals surface area contributed by atoms with Crippen LogP contribution < -0.4 is 0 Å². The minimum absolute atomic E-state index is 0.334. The molecule has 0 spiro atoms. The van der Waals surface area contributed by atoms with Gasteiger partial charge in [-0.2, -0.15) is 5.26 Å². The third kappa shape index (κ3) is 2.80. The number of hydrogen-bond acceptors (Lipinski definition) is 4. The van der Waals surface area contributed by atoms with Crippen LogP contribution in [0.1, 0.15) is 25.1 Å². The molecule has 5 heteroatoms. The summed E-state index contributed by atoms with van der Waals surface area (Å²) in [5, 5.41) is 18.0. The van der Waals surface area contributed by atoms with Crippen molar-refractivity contribution in [3.8, 4) is 6.07 Å². The van der Waals surface area contributed by atoms with Crippen molar-refractivity contribution in [3.05, 3.63) is 29.6 Å². The number of pyridine rings is 1. The zero-order valence-corrected chi connectivity index (χ0v) is 10.1. The van der Waals surface area contributed by atoms with Gasteiger partial charge in [0.25, 0.3) is 0 Å². The van der Waals surface area contributed by atoms with Crippen LogP contribution in [-0.2, 0) is 11.3 Å². The lowest BCUT2D eigenvalue weighted by Crippen LogP contribution is -2.47. The molecule has 0 aliphatic rings. The minimum atomic E-state index is -0.984. The fraction of sp³-hybridized carbons (Fsp3) is 0.417. The molecule has 0 fully saturated rings. The molecule has 0 saturated carbocycles. The van der Waals surface area contributed by atoms with E-state index in [-0.39, 0.29) is 0 Å². The number of nitriles is 1. The van der Waals surface area contributed by atoms with Crippen LogP contribution in [-0.4, -0.2) is 33.5 Å². The summed E-state index contributed by atoms with van der Waals surface area (Å²) in [5.74, 6) is -0.901. The smallest absolute Gasteiger partial charge is 0.323 e. The lowest BCUT2D eigenvalue weighted by molar-refractivity contribution is -0.148. The van der Waals surface area contributed by atoms with Gasteiger partial charge in [0.15, 0.2) is 0 Å². The second-order valence-electron chi connectivity index (χ2n) is 4.34. The number of nitrogens with zero attached hydrogens (tertiary/aromatic N) is 3. The van der Waals surface area contributed by atoms with Gasteiger partial charge in [0.1, 0.15) is 17.3 Å². The van der Waals surface area contributed by atoms with Crippen LogP contribution in [0.25, 0.3) is 0 Å². The maximum Gasteiger partial charge on any atom is 0.323 e. The number of hydrogen-bond donors (Lipinski definition) is 1. The van der Waals surface area contributed by atoms with E-state index in [2.05, 4.69) is 4.98 Å². The fourth-order valence-corrected chi connectivity index (χ4v) is 1.28. The Kier molecular flexibility index (Phi) is 3.81. The van der Waals surface area contributed by atoms with E-state index in [4.69, 9.17) is 10.4 Å². The second-order valence-corrected chi connectivity index (χ2v) is 4.34. The van der Waals surface area contributed by atoms with Gasteiger partial charge in [-0.1, -0.05) is 6.07 Å². The number of carboxylic acid groups (broad SMARTS) is 1. The third-order valence-electron chi connectivity index (χ3n) is 2.88. The van der Waals surface area contributed by atoms with Gasteiger partial charge < -0.3 is 5.11 Å². The van der Waals surface area contributed by atoms with Gasteiger partial charge in [-0.3, -0.25) is 9.69 Å². The van der Waals surface area contributed by atoms with Gasteiger partial charge >= 0.3 is 5.97 Å². The number of carboxylic acids is 1. The average molecular weight is 233 g/mol. The number of aliphatic carboxylic acids is 1. The summed E-state index contributed by atoms with van der Waals surface area (Å²) < 4.78 is 0. The van der Waals surface area contributed by atoms with Crippen LogP contribution >= 0.6 is 0 Å². The number of rotatable bonds is 4. The molecule has 5 nitrogen and oxygen atoms in total. The van der Waals surface area contributed by atoms with Crippen LogP contribution in [0.2, 0.25) is 0 Å². The zero-order valence-electron chi connectivity index (χ0n) is 10.1. The highest BCUT2D eigenvalue weighted by molar-refractivity contribution is 5.77. The summed E-state index contributed by atoms with van der Waals surface area (Å²) in [7, 11) is 1.71. The summed E-state index contributed by atoms with van der Waals surface area (Å²) in [4.78, 5) is 16.7. The molecule has 1 heterocycles. The van der Waals surface area contributed by atoms with E-state index in [9.17, 15) is 4.79 Å². The predicted molar refractivity (Wildman–Crippen MR) is 62.1 cm³/mol. The monoisotopic (exact) mass is 233 g/mol. The maximum atomic E-state index is 11.1. The normalized spacial score (nSPS) is 11.2. The molecule has 0 atom stereocenters. The molecule has 0 saturated heterocycles. The molecule has 1 rings (SSSR count). The first-order chi connectivity index (χ1) is 7.89. The molecule has 0 bridgehead atoms. The van der Waals surface area contributed by atoms with E-state index in [1.807, 2.05) is 6.07 Å². The Morgan fingerprint density at radius 2 is 2.29 bits per heavy atom. The lowest BCUT2D eigenvalue weighted by Gasteiger charge is -2.31. The van der Waals surface area contributed by atoms with Crippen molar-refractivity contribution >= 4 is 5.97 Å². The van der Waals surface area contributed by atoms with Gasteiger partial charge in [-0.25, -0.2) is 4.98 Å². The van der Waals surface area contributed by atoms with E-state index in [1.54, 1.807) is 44.1 Å². The maximum absolute atomic E-state index is 11.1. The lowest BCUT2D eigenvalue weighted by atomic mass is 10.0. The van der Waals surface area contributed by atoms with Crippen LogP contribution in [0.3, 0.4) is 0 Å². The van der Waals surface area contributed by atoms with Crippen LogP contribution in [0.15, 0.2) is 18.3 Å². The molecule has 90 valence electrons. The molecule has 1 aromatic rings. The Balaban J connectivity index is 2.93. The van der Waals surface area contributed by atoms with E-state index >= 15 is 0 Å². The van der Waals surface area contributed by atoms with Crippen molar-refractivity contribution in [2.45, 2.75) is 25.9 Å². The SMILES string of the molecule is CN(Cc1cccnc1C#N)C(C)(C)C(=O)O. The molecular weight excluding hydrogens is 218 g/mol. The highest BCUT2D eigenvalue weighted by Crippen LogP contribution is 2.17. The third-order valence-corrected chi connectivity index (χ3v) is 2.88. The number of aromatic nitrogens is 1. The first kappa shape index (κ1) is 13.1. The number of carbonyl (C=O) groups is 1. The Morgan fingerprint density at radius 1 is 1.65 bits per heavy atom. The summed E-state index contributed by atoms with van der Waals surface area (Å²) in [6.07, 6.45) is 1.55. The van der Waals surface area contributed by atoms with Crippen LogP contribution in [0.5, 0.6) is 0 Å². The van der Waals surface area contributed by atoms with Crippen molar-refractivity contribution in [2.75, 3.05) is 7.05 Å². The van der Waals surface area contributed by atoms with Crippen LogP contribution in [0, 0.1) is 11.3 Å². The number of likely N-dealkylation sites (N-methyl/N-ethyl adjacent to an activating group) is 1. The minimum Gasteiger partial charge on any atom is -0.480 e. The first-order valence-corrected chi connectivity index (χ1v) is 5.18. The van der Waals surface area contributed by atoms with Gasteiger partial charge in [0, 0.05) is 18.3 Å². The summed E-state index contributed by atoms with van der Waals surface area (Å²) in [5.41, 5.74) is 0.0788. The second kappa shape index (κ2) is 4.93. The average Bonchev–Trinajstić information content (AvgIpc) is 2.29. The molecule has 0 aromatic carbocycles. The first-order valence-electron chi connectivity index (χ1n) is 5.18. The molecule has 1 aromatic heterocycles. The molecule has 0 aliphatic carbocycles. The molecule has 1 N–H and O–H groups in total. The largest absolute Gasteiger partial charge is 0.480 e. The standard InChI is InChI=1S/C12H15N3O2/c1-12(2,11(16)17)15(3)8-9-5-4-6-14-10(9)7-13/h4-6H,8H2,1-3H3,(H,16,17). The van der Waals surface area contributed by atoms with Gasteiger partial charge in [0.2, 0.25) is 0 Å². The Morgan fingerprint density at radius 3 is 2.82 bits per heavy atom. The van der Waals surface area contributed by atoms with Crippen LogP contribution in [0.4, 0.5) is 0 Å². The molecule has 0 amide bonds. The van der Waals surface area contributed by atoms with Gasteiger partial charge in [-0.15, -0.1) is 0 Å². The predicted octanol–water partition coefficient (Wildman–Crippen LogP) is 1.25. The van der Waals surface area contributed by atoms with Crippen molar-refractivity contribution in [1.29, 1.82) is 5.26 Å². The molecule has 0 aliphatic heterocycles. The van der Waals surface area contributed by atoms with E-state index in [0.717, 1.165) is 5.56 Å². The molecule has 0 unspecified atom stereocenters. The fourth-order valence-electron chi connectivity index (χ4n) is 1.28. The van der Waals surface area contributed by atoms with E-state index in [1.165, 1.54) is 0 Å². The zero-order chi connectivity index (χ0) is 13.1. The van der Waals surface area contributed by atoms with Crippen molar-refractivity contribution in [2.24, 2.45) is 0 Å². The summed E-state index contributed by atoms with van der Waals surface area (Å²) >= 11 is 0. The highest BCUT2D eigenvalue weighted by Gasteiger charge is 2.32. The van der Waals surface area contributed by atoms with Gasteiger partial charge in [-0.05, 0) is 27.0 Å². The van der Waals surface area contributed by atoms with E-state index < -0.39 is 11.5 Å². The Hall–Kier alpha value is -1.93.